The van der Waals surface area contributed by atoms with Crippen LogP contribution in [0.5, 0.6) is 0 Å². The maximum Gasteiger partial charge on any atom is 0.490 e. The van der Waals surface area contributed by atoms with Crippen LogP contribution in [-0.4, -0.2) is 68.6 Å². The summed E-state index contributed by atoms with van der Waals surface area (Å²) in [6.07, 6.45) is -5.15. The van der Waals surface area contributed by atoms with E-state index in [2.05, 4.69) is 18.6 Å². The highest BCUT2D eigenvalue weighted by atomic mass is 35.5. The van der Waals surface area contributed by atoms with Crippen LogP contribution in [0.2, 0.25) is 0 Å². The van der Waals surface area contributed by atoms with E-state index < -0.39 is 87.4 Å². The van der Waals surface area contributed by atoms with Crippen LogP contribution in [0.1, 0.15) is 20.1 Å². The monoisotopic (exact) mass is 618 g/mol. The molecule has 210 valence electrons. The maximum atomic E-state index is 14.5. The molecule has 1 aliphatic rings. The molecule has 23 heteroatoms. The number of nitrogens with two attached hydrogens (primary N) is 1. The van der Waals surface area contributed by atoms with E-state index in [1.807, 2.05) is 0 Å². The number of ether oxygens (including phenoxy) is 1. The van der Waals surface area contributed by atoms with E-state index in [1.54, 1.807) is 0 Å². The zero-order valence-corrected chi connectivity index (χ0v) is 21.9. The molecular formula is C14H20ClF2N4O13P3. The van der Waals surface area contributed by atoms with Crippen LogP contribution in [0.4, 0.5) is 14.7 Å². The van der Waals surface area contributed by atoms with Gasteiger partial charge in [-0.25, -0.2) is 22.5 Å². The highest BCUT2D eigenvalue weighted by molar-refractivity contribution is 7.66. The first-order valence-electron chi connectivity index (χ1n) is 9.61. The molecule has 0 radical (unpaired) electrons. The van der Waals surface area contributed by atoms with E-state index >= 15 is 0 Å². The van der Waals surface area contributed by atoms with Crippen molar-refractivity contribution in [2.75, 3.05) is 12.4 Å². The maximum absolute atomic E-state index is 14.5. The van der Waals surface area contributed by atoms with Gasteiger partial charge in [-0.1, -0.05) is 0 Å². The molecule has 1 aliphatic heterocycles. The second kappa shape index (κ2) is 9.71. The number of hydrogen-bond acceptors (Lipinski definition) is 11. The number of nitrogens with zero attached hydrogens (tertiary/aromatic N) is 2. The summed E-state index contributed by atoms with van der Waals surface area (Å²) >= 11 is 6.30. The molecule has 0 amide bonds. The van der Waals surface area contributed by atoms with Crippen LogP contribution in [0.3, 0.4) is 0 Å². The lowest BCUT2D eigenvalue weighted by molar-refractivity contribution is -0.117. The van der Waals surface area contributed by atoms with Gasteiger partial charge in [0.15, 0.2) is 17.7 Å². The van der Waals surface area contributed by atoms with E-state index in [0.29, 0.717) is 6.20 Å². The third-order valence-corrected chi connectivity index (χ3v) is 9.57. The van der Waals surface area contributed by atoms with E-state index in [-0.39, 0.29) is 0 Å². The number of aliphatic hydroxyl groups is 1. The van der Waals surface area contributed by atoms with Crippen LogP contribution in [0, 0.1) is 5.82 Å². The zero-order valence-electron chi connectivity index (χ0n) is 18.5. The number of fused-ring (bicyclic) bond motifs is 1. The molecule has 3 heterocycles. The summed E-state index contributed by atoms with van der Waals surface area (Å²) in [4.78, 5) is 52.0. The molecule has 0 aromatic carbocycles. The number of aromatic amines is 1. The molecule has 0 aliphatic carbocycles. The minimum atomic E-state index is -5.88. The van der Waals surface area contributed by atoms with Gasteiger partial charge in [0.25, 0.3) is 5.56 Å². The second-order valence-electron chi connectivity index (χ2n) is 8.23. The van der Waals surface area contributed by atoms with Crippen molar-refractivity contribution >= 4 is 52.1 Å². The van der Waals surface area contributed by atoms with Crippen LogP contribution in [-0.2, 0) is 31.6 Å². The lowest BCUT2D eigenvalue weighted by Gasteiger charge is -2.34. The minimum Gasteiger partial charge on any atom is -0.388 e. The Morgan fingerprint density at radius 3 is 2.41 bits per heavy atom. The van der Waals surface area contributed by atoms with Gasteiger partial charge >= 0.3 is 23.5 Å². The molecule has 3 unspecified atom stereocenters. The number of nitrogen functional groups attached to an aromatic ring is 1. The number of aromatic nitrogens is 3. The standard InChI is InChI=1S/C14H20ClF2N4O13P3/c1-13(2,32-36(27,28)34-37(29,30)33-35(24,25)26)8-7(22)14(15,4-16)11(31-8)21-3-5(17)6-9(21)19-12(18)20-10(6)23/h3,7-8,11,22H,4H2,1-2H3,(H,27,28)(H,29,30)(H2,24,25,26)(H3,18,19,20,23)/t7?,8-,11+,14+/m0/s1. The number of hydrogen-bond donors (Lipinski definition) is 7. The summed E-state index contributed by atoms with van der Waals surface area (Å²) in [5.41, 5.74) is 1.78. The first-order valence-corrected chi connectivity index (χ1v) is 14.5. The van der Waals surface area contributed by atoms with Gasteiger partial charge in [-0.15, -0.1) is 11.6 Å². The Bertz CT molecular complexity index is 1410. The highest BCUT2D eigenvalue weighted by Crippen LogP contribution is 2.67. The van der Waals surface area contributed by atoms with E-state index in [0.717, 1.165) is 18.4 Å². The Kier molecular flexibility index (Phi) is 7.94. The minimum absolute atomic E-state index is 0.458. The number of anilines is 1. The molecule has 2 aromatic rings. The Morgan fingerprint density at radius 2 is 1.86 bits per heavy atom. The van der Waals surface area contributed by atoms with Crippen molar-refractivity contribution in [3.05, 3.63) is 22.4 Å². The SMILES string of the molecule is CC(C)(OP(=O)(O)OP(=O)(O)OP(=O)(O)O)[C@H]1O[C@@H](n2cc(F)c3c(=O)[nH]c(N)nc32)[C@@](Cl)(CF)C1O. The number of nitrogens with one attached hydrogen (secondary N) is 1. The fraction of sp³-hybridized carbons (Fsp3) is 0.571. The number of rotatable bonds is 9. The average Bonchev–Trinajstić information content (AvgIpc) is 3.12. The van der Waals surface area contributed by atoms with Gasteiger partial charge in [0.2, 0.25) is 5.95 Å². The van der Waals surface area contributed by atoms with Crippen molar-refractivity contribution < 1.29 is 65.0 Å². The fourth-order valence-corrected chi connectivity index (χ4v) is 7.27. The molecule has 6 atom stereocenters. The van der Waals surface area contributed by atoms with Crippen LogP contribution >= 0.6 is 35.1 Å². The van der Waals surface area contributed by atoms with Gasteiger partial charge in [0, 0.05) is 6.20 Å². The number of phosphoric acid groups is 3. The summed E-state index contributed by atoms with van der Waals surface area (Å²) in [6.45, 7) is 0.376. The number of alkyl halides is 2. The molecule has 17 nitrogen and oxygen atoms in total. The van der Waals surface area contributed by atoms with Crippen molar-refractivity contribution in [1.82, 2.24) is 14.5 Å². The number of phosphoric ester groups is 1. The first kappa shape index (κ1) is 30.2. The molecule has 0 bridgehead atoms. The highest BCUT2D eigenvalue weighted by Gasteiger charge is 2.62. The predicted molar refractivity (Wildman–Crippen MR) is 118 cm³/mol. The molecule has 2 aromatic heterocycles. The van der Waals surface area contributed by atoms with E-state index in [1.165, 1.54) is 0 Å². The average molecular weight is 619 g/mol. The molecule has 0 saturated carbocycles. The number of halogens is 3. The zero-order chi connectivity index (χ0) is 28.4. The van der Waals surface area contributed by atoms with Crippen molar-refractivity contribution in [1.29, 1.82) is 0 Å². The lowest BCUT2D eigenvalue weighted by atomic mass is 9.91. The smallest absolute Gasteiger partial charge is 0.388 e. The van der Waals surface area contributed by atoms with Crippen LogP contribution in [0.25, 0.3) is 11.0 Å². The van der Waals surface area contributed by atoms with Gasteiger partial charge in [-0.05, 0) is 13.8 Å². The molecule has 1 saturated heterocycles. The summed E-state index contributed by atoms with van der Waals surface area (Å²) in [5.74, 6) is -1.60. The molecule has 3 rings (SSSR count). The Balaban J connectivity index is 1.98. The number of H-pyrrole nitrogens is 1. The molecule has 37 heavy (non-hydrogen) atoms. The van der Waals surface area contributed by atoms with E-state index in [4.69, 9.17) is 36.4 Å². The molecular weight excluding hydrogens is 599 g/mol. The van der Waals surface area contributed by atoms with Gasteiger partial charge < -0.3 is 39.7 Å². The van der Waals surface area contributed by atoms with Gasteiger partial charge in [0.1, 0.15) is 34.7 Å². The Hall–Kier alpha value is -1.30. The van der Waals surface area contributed by atoms with Crippen molar-refractivity contribution in [2.45, 2.75) is 42.8 Å². The number of aliphatic hydroxyl groups excluding tert-OH is 1. The molecule has 8 N–H and O–H groups in total. The van der Waals surface area contributed by atoms with Crippen molar-refractivity contribution in [3.8, 4) is 0 Å². The van der Waals surface area contributed by atoms with Crippen LogP contribution < -0.4 is 11.3 Å². The molecule has 0 spiro atoms. The summed E-state index contributed by atoms with van der Waals surface area (Å²) < 4.78 is 81.8. The second-order valence-corrected chi connectivity index (χ2v) is 13.3. The van der Waals surface area contributed by atoms with Crippen molar-refractivity contribution in [3.63, 3.8) is 0 Å². The largest absolute Gasteiger partial charge is 0.490 e. The normalized spacial score (nSPS) is 28.3. The first-order chi connectivity index (χ1) is 16.6. The summed E-state index contributed by atoms with van der Waals surface area (Å²) in [6, 6.07) is 0. The van der Waals surface area contributed by atoms with Gasteiger partial charge in [-0.2, -0.15) is 13.6 Å². The van der Waals surface area contributed by atoms with E-state index in [9.17, 15) is 42.2 Å². The van der Waals surface area contributed by atoms with Crippen LogP contribution in [0.15, 0.2) is 11.0 Å². The Labute approximate surface area is 209 Å². The quantitative estimate of drug-likeness (QED) is 0.151. The Morgan fingerprint density at radius 1 is 1.27 bits per heavy atom. The lowest BCUT2D eigenvalue weighted by Crippen LogP contribution is -2.50. The topological polar surface area (TPSA) is 266 Å². The van der Waals surface area contributed by atoms with Gasteiger partial charge in [0.05, 0.1) is 0 Å². The van der Waals surface area contributed by atoms with Gasteiger partial charge in [-0.3, -0.25) is 14.3 Å². The summed E-state index contributed by atoms with van der Waals surface area (Å²) in [5, 5.41) is 10.2. The van der Waals surface area contributed by atoms with Crippen molar-refractivity contribution in [2.24, 2.45) is 0 Å². The third kappa shape index (κ3) is 6.15. The third-order valence-electron chi connectivity index (χ3n) is 5.03. The predicted octanol–water partition coefficient (Wildman–Crippen LogP) is 0.773. The molecule has 1 fully saturated rings. The fourth-order valence-electron chi connectivity index (χ4n) is 3.66. The summed E-state index contributed by atoms with van der Waals surface area (Å²) in [7, 11) is -17.3.